The summed E-state index contributed by atoms with van der Waals surface area (Å²) >= 11 is 0. The van der Waals surface area contributed by atoms with Crippen molar-refractivity contribution in [2.75, 3.05) is 0 Å². The third kappa shape index (κ3) is 3.28. The lowest BCUT2D eigenvalue weighted by atomic mass is 9.75. The minimum atomic E-state index is -0.819. The summed E-state index contributed by atoms with van der Waals surface area (Å²) in [7, 11) is 0. The molecule has 4 nitrogen and oxygen atoms in total. The fourth-order valence-electron chi connectivity index (χ4n) is 3.39. The Bertz CT molecular complexity index is 352. The van der Waals surface area contributed by atoms with Gasteiger partial charge in [-0.05, 0) is 39.0 Å². The van der Waals surface area contributed by atoms with E-state index in [1.165, 1.54) is 0 Å². The predicted octanol–water partition coefficient (Wildman–Crippen LogP) is 2.86. The topological polar surface area (TPSA) is 66.4 Å². The number of aliphatic carboxylic acids is 1. The number of carbonyl (C=O) groups excluding carboxylic acids is 1. The van der Waals surface area contributed by atoms with Crippen LogP contribution in [0.2, 0.25) is 0 Å². The Balaban J connectivity index is 1.99. The van der Waals surface area contributed by atoms with Crippen molar-refractivity contribution in [2.45, 2.75) is 76.7 Å². The molecule has 0 aromatic heterocycles. The van der Waals surface area contributed by atoms with E-state index in [2.05, 4.69) is 12.2 Å². The molecule has 2 N–H and O–H groups in total. The zero-order valence-electron chi connectivity index (χ0n) is 11.8. The molecule has 1 amide bonds. The zero-order chi connectivity index (χ0) is 13.9. The molecule has 0 aliphatic heterocycles. The molecule has 2 rings (SSSR count). The summed E-state index contributed by atoms with van der Waals surface area (Å²) in [4.78, 5) is 23.8. The predicted molar refractivity (Wildman–Crippen MR) is 72.8 cm³/mol. The first-order chi connectivity index (χ1) is 8.96. The van der Waals surface area contributed by atoms with Crippen molar-refractivity contribution in [2.24, 2.45) is 5.41 Å². The van der Waals surface area contributed by atoms with Gasteiger partial charge < -0.3 is 10.4 Å². The van der Waals surface area contributed by atoms with Crippen molar-refractivity contribution in [1.29, 1.82) is 0 Å². The van der Waals surface area contributed by atoms with Crippen LogP contribution in [-0.2, 0) is 9.59 Å². The van der Waals surface area contributed by atoms with E-state index in [0.717, 1.165) is 44.9 Å². The van der Waals surface area contributed by atoms with Crippen LogP contribution >= 0.6 is 0 Å². The van der Waals surface area contributed by atoms with E-state index in [4.69, 9.17) is 0 Å². The first-order valence-electron chi connectivity index (χ1n) is 7.50. The van der Waals surface area contributed by atoms with E-state index < -0.39 is 11.4 Å². The van der Waals surface area contributed by atoms with Gasteiger partial charge in [-0.15, -0.1) is 0 Å². The summed E-state index contributed by atoms with van der Waals surface area (Å²) in [6.07, 6.45) is 8.66. The van der Waals surface area contributed by atoms with Crippen LogP contribution in [0.5, 0.6) is 0 Å². The average Bonchev–Trinajstić information content (AvgIpc) is 2.53. The summed E-state index contributed by atoms with van der Waals surface area (Å²) in [5.41, 5.74) is -0.901. The van der Waals surface area contributed by atoms with Gasteiger partial charge in [0.2, 0.25) is 5.91 Å². The Labute approximate surface area is 115 Å². The molecule has 0 aromatic carbocycles. The number of rotatable bonds is 4. The van der Waals surface area contributed by atoms with Crippen LogP contribution in [0.3, 0.4) is 0 Å². The minimum Gasteiger partial charge on any atom is -0.481 e. The third-order valence-corrected chi connectivity index (χ3v) is 4.91. The second-order valence-corrected chi connectivity index (χ2v) is 6.64. The lowest BCUT2D eigenvalue weighted by molar-refractivity contribution is -0.153. The van der Waals surface area contributed by atoms with E-state index in [1.54, 1.807) is 0 Å². The maximum atomic E-state index is 12.2. The molecule has 0 atom stereocenters. The second-order valence-electron chi connectivity index (χ2n) is 6.64. The minimum absolute atomic E-state index is 0.0773. The van der Waals surface area contributed by atoms with Gasteiger partial charge in [0.15, 0.2) is 0 Å². The highest BCUT2D eigenvalue weighted by Crippen LogP contribution is 2.39. The highest BCUT2D eigenvalue weighted by atomic mass is 16.4. The van der Waals surface area contributed by atoms with Crippen molar-refractivity contribution in [3.05, 3.63) is 0 Å². The molecule has 2 aliphatic carbocycles. The Morgan fingerprint density at radius 3 is 2.00 bits per heavy atom. The fourth-order valence-corrected chi connectivity index (χ4v) is 3.39. The van der Waals surface area contributed by atoms with Crippen LogP contribution in [0.15, 0.2) is 0 Å². The fraction of sp³-hybridized carbons (Fsp3) is 0.867. The Morgan fingerprint density at radius 1 is 1.00 bits per heavy atom. The van der Waals surface area contributed by atoms with Crippen molar-refractivity contribution in [3.63, 3.8) is 0 Å². The quantitative estimate of drug-likeness (QED) is 0.770. The maximum Gasteiger partial charge on any atom is 0.310 e. The first-order valence-corrected chi connectivity index (χ1v) is 7.50. The van der Waals surface area contributed by atoms with Crippen molar-refractivity contribution >= 4 is 11.9 Å². The largest absolute Gasteiger partial charge is 0.481 e. The van der Waals surface area contributed by atoms with Crippen LogP contribution in [0.25, 0.3) is 0 Å². The molecule has 0 bridgehead atoms. The molecule has 2 aliphatic rings. The summed E-state index contributed by atoms with van der Waals surface area (Å²) in [5, 5.41) is 12.6. The van der Waals surface area contributed by atoms with E-state index in [9.17, 15) is 14.7 Å². The molecule has 0 spiro atoms. The lowest BCUT2D eigenvalue weighted by Crippen LogP contribution is -2.52. The average molecular weight is 267 g/mol. The van der Waals surface area contributed by atoms with E-state index in [1.807, 2.05) is 0 Å². The van der Waals surface area contributed by atoms with Crippen LogP contribution in [0, 0.1) is 5.41 Å². The van der Waals surface area contributed by atoms with E-state index in [0.29, 0.717) is 12.8 Å². The number of amides is 1. The van der Waals surface area contributed by atoms with Gasteiger partial charge in [-0.1, -0.05) is 25.7 Å². The van der Waals surface area contributed by atoms with Crippen molar-refractivity contribution in [1.82, 2.24) is 5.32 Å². The van der Waals surface area contributed by atoms with Gasteiger partial charge in [-0.25, -0.2) is 0 Å². The highest BCUT2D eigenvalue weighted by Gasteiger charge is 2.42. The molecule has 19 heavy (non-hydrogen) atoms. The molecule has 0 saturated heterocycles. The van der Waals surface area contributed by atoms with Gasteiger partial charge >= 0.3 is 5.97 Å². The van der Waals surface area contributed by atoms with Crippen molar-refractivity contribution < 1.29 is 14.7 Å². The monoisotopic (exact) mass is 267 g/mol. The Kier molecular flexibility index (Phi) is 4.16. The second kappa shape index (κ2) is 5.51. The summed E-state index contributed by atoms with van der Waals surface area (Å²) in [6, 6.07) is 0. The van der Waals surface area contributed by atoms with Crippen LogP contribution in [-0.4, -0.2) is 22.5 Å². The molecule has 108 valence electrons. The van der Waals surface area contributed by atoms with Gasteiger partial charge in [0, 0.05) is 12.0 Å². The van der Waals surface area contributed by atoms with Gasteiger partial charge in [0.1, 0.15) is 0 Å². The van der Waals surface area contributed by atoms with E-state index >= 15 is 0 Å². The molecule has 2 fully saturated rings. The van der Waals surface area contributed by atoms with Gasteiger partial charge in [0.25, 0.3) is 0 Å². The Hall–Kier alpha value is -1.06. The van der Waals surface area contributed by atoms with Crippen LogP contribution < -0.4 is 5.32 Å². The smallest absolute Gasteiger partial charge is 0.310 e. The zero-order valence-corrected chi connectivity index (χ0v) is 11.8. The van der Waals surface area contributed by atoms with Gasteiger partial charge in [-0.3, -0.25) is 9.59 Å². The third-order valence-electron chi connectivity index (χ3n) is 4.91. The van der Waals surface area contributed by atoms with Crippen LogP contribution in [0.4, 0.5) is 0 Å². The lowest BCUT2D eigenvalue weighted by Gasteiger charge is -2.40. The standard InChI is InChI=1S/C15H25NO3/c1-14(7-6-8-14)16-12(17)11-15(13(18)19)9-4-2-3-5-10-15/h2-11H2,1H3,(H,16,17)(H,18,19). The molecule has 0 unspecified atom stereocenters. The number of carbonyl (C=O) groups is 2. The summed E-state index contributed by atoms with van der Waals surface area (Å²) in [6.45, 7) is 2.05. The number of hydrogen-bond acceptors (Lipinski definition) is 2. The molecule has 0 radical (unpaired) electrons. The molecular formula is C15H25NO3. The maximum absolute atomic E-state index is 12.2. The number of hydrogen-bond donors (Lipinski definition) is 2. The highest BCUT2D eigenvalue weighted by molar-refractivity contribution is 5.85. The van der Waals surface area contributed by atoms with Crippen molar-refractivity contribution in [3.8, 4) is 0 Å². The van der Waals surface area contributed by atoms with Crippen LogP contribution in [0.1, 0.15) is 71.1 Å². The number of nitrogens with one attached hydrogen (secondary N) is 1. The molecular weight excluding hydrogens is 242 g/mol. The SMILES string of the molecule is CC1(NC(=O)CC2(C(=O)O)CCCCCC2)CCC1. The van der Waals surface area contributed by atoms with Gasteiger partial charge in [-0.2, -0.15) is 0 Å². The number of carboxylic acid groups (broad SMARTS) is 1. The number of carboxylic acids is 1. The molecule has 0 heterocycles. The van der Waals surface area contributed by atoms with E-state index in [-0.39, 0.29) is 17.9 Å². The normalized spacial score (nSPS) is 24.9. The Morgan fingerprint density at radius 2 is 1.58 bits per heavy atom. The first kappa shape index (κ1) is 14.4. The van der Waals surface area contributed by atoms with Gasteiger partial charge in [0.05, 0.1) is 5.41 Å². The summed E-state index contributed by atoms with van der Waals surface area (Å²) in [5.74, 6) is -0.866. The summed E-state index contributed by atoms with van der Waals surface area (Å²) < 4.78 is 0. The molecule has 4 heteroatoms. The molecule has 2 saturated carbocycles. The molecule has 0 aromatic rings.